The molecule has 4 nitrogen and oxygen atoms in total. The first-order chi connectivity index (χ1) is 9.52. The van der Waals surface area contributed by atoms with Crippen molar-refractivity contribution in [3.63, 3.8) is 0 Å². The smallest absolute Gasteiger partial charge is 0.256 e. The number of aromatic nitrogens is 1. The second-order valence-corrected chi connectivity index (χ2v) is 5.03. The summed E-state index contributed by atoms with van der Waals surface area (Å²) in [7, 11) is 1.75. The van der Waals surface area contributed by atoms with Crippen molar-refractivity contribution in [3.8, 4) is 0 Å². The zero-order valence-corrected chi connectivity index (χ0v) is 10.8. The Morgan fingerprint density at radius 1 is 1.25 bits per heavy atom. The van der Waals surface area contributed by atoms with Crippen molar-refractivity contribution in [2.45, 2.75) is 25.0 Å². The predicted molar refractivity (Wildman–Crippen MR) is 70.5 cm³/mol. The lowest BCUT2D eigenvalue weighted by Gasteiger charge is -2.29. The fourth-order valence-corrected chi connectivity index (χ4v) is 2.90. The molecule has 1 aliphatic carbocycles. The van der Waals surface area contributed by atoms with Crippen molar-refractivity contribution in [1.29, 1.82) is 0 Å². The van der Waals surface area contributed by atoms with E-state index in [1.165, 1.54) is 0 Å². The summed E-state index contributed by atoms with van der Waals surface area (Å²) in [6.45, 7) is 0. The molecular formula is C14H14F2N2O2. The van der Waals surface area contributed by atoms with Crippen LogP contribution in [0.5, 0.6) is 0 Å². The average molecular weight is 280 g/mol. The van der Waals surface area contributed by atoms with E-state index in [1.54, 1.807) is 7.05 Å². The Balaban J connectivity index is 2.43. The number of aromatic amines is 1. The van der Waals surface area contributed by atoms with E-state index in [0.717, 1.165) is 12.1 Å². The summed E-state index contributed by atoms with van der Waals surface area (Å²) in [4.78, 5) is 14.6. The second-order valence-electron chi connectivity index (χ2n) is 5.03. The summed E-state index contributed by atoms with van der Waals surface area (Å²) < 4.78 is 26.8. The highest BCUT2D eigenvalue weighted by atomic mass is 19.2. The van der Waals surface area contributed by atoms with Gasteiger partial charge in [-0.2, -0.15) is 0 Å². The van der Waals surface area contributed by atoms with E-state index in [1.807, 2.05) is 0 Å². The zero-order chi connectivity index (χ0) is 14.4. The Kier molecular flexibility index (Phi) is 3.07. The normalized spacial score (nSPS) is 22.0. The van der Waals surface area contributed by atoms with Gasteiger partial charge in [-0.25, -0.2) is 8.78 Å². The summed E-state index contributed by atoms with van der Waals surface area (Å²) in [5, 5.41) is 13.5. The van der Waals surface area contributed by atoms with E-state index in [2.05, 4.69) is 10.3 Å². The molecule has 3 N–H and O–H groups in total. The molecule has 1 aliphatic rings. The molecule has 0 saturated heterocycles. The van der Waals surface area contributed by atoms with Crippen LogP contribution < -0.4 is 10.9 Å². The van der Waals surface area contributed by atoms with Crippen molar-refractivity contribution in [2.75, 3.05) is 7.05 Å². The Morgan fingerprint density at radius 3 is 2.55 bits per heavy atom. The maximum absolute atomic E-state index is 13.5. The standard InChI is InChI=1S/C14H14F2N2O2/c1-17-10-2-3-11(19)13-12(10)6-4-8(15)9(16)5-7(6)14(20)18-13/h4-5,10-11,17,19H,2-3H2,1H3,(H,18,20)/t10-,11?/m1/s1. The fourth-order valence-electron chi connectivity index (χ4n) is 2.90. The zero-order valence-electron chi connectivity index (χ0n) is 10.8. The van der Waals surface area contributed by atoms with Gasteiger partial charge in [0.15, 0.2) is 11.6 Å². The van der Waals surface area contributed by atoms with Crippen LogP contribution in [0.4, 0.5) is 8.78 Å². The van der Waals surface area contributed by atoms with E-state index in [4.69, 9.17) is 0 Å². The van der Waals surface area contributed by atoms with Gasteiger partial charge < -0.3 is 15.4 Å². The molecule has 1 unspecified atom stereocenters. The molecule has 2 aromatic rings. The van der Waals surface area contributed by atoms with Gasteiger partial charge in [-0.05, 0) is 43.0 Å². The van der Waals surface area contributed by atoms with E-state index >= 15 is 0 Å². The Bertz CT molecular complexity index is 742. The average Bonchev–Trinajstić information content (AvgIpc) is 2.42. The quantitative estimate of drug-likeness (QED) is 0.747. The molecule has 1 heterocycles. The van der Waals surface area contributed by atoms with Crippen LogP contribution in [0.25, 0.3) is 10.8 Å². The lowest BCUT2D eigenvalue weighted by molar-refractivity contribution is 0.143. The third kappa shape index (κ3) is 1.83. The Hall–Kier alpha value is -1.79. The van der Waals surface area contributed by atoms with Crippen LogP contribution in [-0.4, -0.2) is 17.1 Å². The van der Waals surface area contributed by atoms with E-state index in [-0.39, 0.29) is 11.4 Å². The molecule has 0 fully saturated rings. The SMILES string of the molecule is CN[C@@H]1CCC(O)c2[nH]c(=O)c3cc(F)c(F)cc3c21. The molecule has 0 aliphatic heterocycles. The van der Waals surface area contributed by atoms with Crippen LogP contribution >= 0.6 is 0 Å². The lowest BCUT2D eigenvalue weighted by Crippen LogP contribution is -2.28. The van der Waals surface area contributed by atoms with Crippen molar-refractivity contribution in [2.24, 2.45) is 0 Å². The molecule has 0 saturated carbocycles. The largest absolute Gasteiger partial charge is 0.387 e. The summed E-state index contributed by atoms with van der Waals surface area (Å²) in [5.41, 5.74) is 0.507. The highest BCUT2D eigenvalue weighted by Crippen LogP contribution is 2.38. The number of aliphatic hydroxyl groups excluding tert-OH is 1. The molecule has 106 valence electrons. The van der Waals surface area contributed by atoms with Gasteiger partial charge in [0.25, 0.3) is 5.56 Å². The first-order valence-corrected chi connectivity index (χ1v) is 6.43. The predicted octanol–water partition coefficient (Wildman–Crippen LogP) is 1.89. The van der Waals surface area contributed by atoms with Gasteiger partial charge >= 0.3 is 0 Å². The minimum atomic E-state index is -1.06. The number of aliphatic hydroxyl groups is 1. The van der Waals surface area contributed by atoms with E-state index in [9.17, 15) is 18.7 Å². The maximum atomic E-state index is 13.5. The van der Waals surface area contributed by atoms with E-state index in [0.29, 0.717) is 29.5 Å². The van der Waals surface area contributed by atoms with E-state index < -0.39 is 23.3 Å². The van der Waals surface area contributed by atoms with Crippen LogP contribution in [0.3, 0.4) is 0 Å². The first kappa shape index (κ1) is 13.2. The number of H-pyrrole nitrogens is 1. The third-order valence-electron chi connectivity index (χ3n) is 3.89. The minimum absolute atomic E-state index is 0.0944. The summed E-state index contributed by atoms with van der Waals surface area (Å²) in [6, 6.07) is 1.82. The van der Waals surface area contributed by atoms with Gasteiger partial charge in [0.05, 0.1) is 17.2 Å². The third-order valence-corrected chi connectivity index (χ3v) is 3.89. The molecule has 1 aromatic carbocycles. The number of fused-ring (bicyclic) bond motifs is 3. The summed E-state index contributed by atoms with van der Waals surface area (Å²) in [5.74, 6) is -2.06. The van der Waals surface area contributed by atoms with Crippen molar-refractivity contribution in [1.82, 2.24) is 10.3 Å². The van der Waals surface area contributed by atoms with Gasteiger partial charge in [-0.3, -0.25) is 4.79 Å². The van der Waals surface area contributed by atoms with Crippen LogP contribution in [0, 0.1) is 11.6 Å². The molecule has 3 rings (SSSR count). The number of hydrogen-bond donors (Lipinski definition) is 3. The molecule has 0 amide bonds. The summed E-state index contributed by atoms with van der Waals surface area (Å²) in [6.07, 6.45) is 0.369. The van der Waals surface area contributed by atoms with Crippen LogP contribution in [0.1, 0.15) is 36.2 Å². The molecule has 2 atom stereocenters. The van der Waals surface area contributed by atoms with Gasteiger partial charge in [0.2, 0.25) is 0 Å². The van der Waals surface area contributed by atoms with Gasteiger partial charge in [-0.15, -0.1) is 0 Å². The van der Waals surface area contributed by atoms with Crippen molar-refractivity contribution < 1.29 is 13.9 Å². The monoisotopic (exact) mass is 280 g/mol. The summed E-state index contributed by atoms with van der Waals surface area (Å²) >= 11 is 0. The topological polar surface area (TPSA) is 65.1 Å². The van der Waals surface area contributed by atoms with Crippen LogP contribution in [0.2, 0.25) is 0 Å². The molecule has 1 aromatic heterocycles. The number of rotatable bonds is 1. The van der Waals surface area contributed by atoms with Crippen LogP contribution in [0.15, 0.2) is 16.9 Å². The van der Waals surface area contributed by atoms with Gasteiger partial charge in [-0.1, -0.05) is 0 Å². The highest BCUT2D eigenvalue weighted by Gasteiger charge is 2.29. The Labute approximate surface area is 113 Å². The number of halogens is 2. The molecule has 20 heavy (non-hydrogen) atoms. The highest BCUT2D eigenvalue weighted by molar-refractivity contribution is 5.86. The van der Waals surface area contributed by atoms with Crippen molar-refractivity contribution >= 4 is 10.8 Å². The Morgan fingerprint density at radius 2 is 1.90 bits per heavy atom. The number of pyridine rings is 1. The minimum Gasteiger partial charge on any atom is -0.387 e. The second kappa shape index (κ2) is 4.64. The molecule has 0 bridgehead atoms. The van der Waals surface area contributed by atoms with Gasteiger partial charge in [0.1, 0.15) is 0 Å². The molecule has 6 heteroatoms. The molecule has 0 spiro atoms. The van der Waals surface area contributed by atoms with Gasteiger partial charge in [0, 0.05) is 6.04 Å². The lowest BCUT2D eigenvalue weighted by atomic mass is 9.86. The number of hydrogen-bond acceptors (Lipinski definition) is 3. The molecule has 0 radical (unpaired) electrons. The van der Waals surface area contributed by atoms with Crippen molar-refractivity contribution in [3.05, 3.63) is 45.4 Å². The first-order valence-electron chi connectivity index (χ1n) is 6.43. The molecular weight excluding hydrogens is 266 g/mol. The number of benzene rings is 1. The number of nitrogens with one attached hydrogen (secondary N) is 2. The van der Waals surface area contributed by atoms with Crippen LogP contribution in [-0.2, 0) is 0 Å². The fraction of sp³-hybridized carbons (Fsp3) is 0.357. The maximum Gasteiger partial charge on any atom is 0.256 e.